The van der Waals surface area contributed by atoms with Gasteiger partial charge in [0.2, 0.25) is 0 Å². The topological polar surface area (TPSA) is 93.5 Å². The Morgan fingerprint density at radius 3 is 2.62 bits per heavy atom. The zero-order valence-corrected chi connectivity index (χ0v) is 17.3. The molecular weight excluding hydrogens is 390 g/mol. The maximum Gasteiger partial charge on any atom is 0.329 e. The molecule has 152 valence electrons. The molecule has 0 spiro atoms. The highest BCUT2D eigenvalue weighted by molar-refractivity contribution is 7.13. The minimum absolute atomic E-state index is 0.0325. The van der Waals surface area contributed by atoms with Crippen LogP contribution in [-0.2, 0) is 16.1 Å². The summed E-state index contributed by atoms with van der Waals surface area (Å²) < 4.78 is 10.4. The highest BCUT2D eigenvalue weighted by Gasteiger charge is 2.27. The van der Waals surface area contributed by atoms with Gasteiger partial charge < -0.3 is 19.8 Å². The molecule has 0 bridgehead atoms. The number of thiazole rings is 1. The number of ether oxygens (including phenoxy) is 1. The van der Waals surface area contributed by atoms with Crippen LogP contribution in [0.2, 0.25) is 0 Å². The molecule has 0 saturated carbocycles. The number of esters is 1. The van der Waals surface area contributed by atoms with Crippen LogP contribution in [0, 0.1) is 12.8 Å². The van der Waals surface area contributed by atoms with Crippen molar-refractivity contribution in [3.8, 4) is 0 Å². The number of amides is 1. The second-order valence-corrected chi connectivity index (χ2v) is 7.77. The maximum absolute atomic E-state index is 12.5. The number of benzene rings is 1. The Morgan fingerprint density at radius 2 is 1.97 bits per heavy atom. The van der Waals surface area contributed by atoms with Gasteiger partial charge in [-0.2, -0.15) is 0 Å². The molecule has 0 saturated heterocycles. The molecule has 0 fully saturated rings. The van der Waals surface area contributed by atoms with Crippen LogP contribution >= 0.6 is 11.3 Å². The fourth-order valence-electron chi connectivity index (χ4n) is 2.54. The lowest BCUT2D eigenvalue weighted by molar-refractivity contribution is -0.148. The van der Waals surface area contributed by atoms with Gasteiger partial charge in [-0.25, -0.2) is 9.78 Å². The van der Waals surface area contributed by atoms with Crippen LogP contribution in [0.15, 0.2) is 52.5 Å². The molecule has 0 aliphatic rings. The van der Waals surface area contributed by atoms with E-state index < -0.39 is 17.9 Å². The number of carbonyl (C=O) groups excluding carboxylic acids is 2. The number of furan rings is 1. The molecule has 3 aromatic rings. The first-order chi connectivity index (χ1) is 13.9. The second-order valence-electron chi connectivity index (χ2n) is 6.92. The number of hydrogen-bond donors (Lipinski definition) is 2. The lowest BCUT2D eigenvalue weighted by Gasteiger charge is -2.20. The first-order valence-corrected chi connectivity index (χ1v) is 10.1. The highest BCUT2D eigenvalue weighted by Crippen LogP contribution is 2.22. The van der Waals surface area contributed by atoms with Gasteiger partial charge in [0.1, 0.15) is 12.6 Å². The Morgan fingerprint density at radius 1 is 1.21 bits per heavy atom. The van der Waals surface area contributed by atoms with Crippen molar-refractivity contribution in [2.24, 2.45) is 5.92 Å². The van der Waals surface area contributed by atoms with Gasteiger partial charge in [0.05, 0.1) is 12.0 Å². The minimum Gasteiger partial charge on any atom is -0.459 e. The van der Waals surface area contributed by atoms with E-state index in [1.54, 1.807) is 6.07 Å². The molecule has 2 N–H and O–H groups in total. The van der Waals surface area contributed by atoms with Crippen molar-refractivity contribution in [2.45, 2.75) is 33.4 Å². The Balaban J connectivity index is 1.55. The van der Waals surface area contributed by atoms with Gasteiger partial charge in [0.15, 0.2) is 10.9 Å². The Bertz CT molecular complexity index is 949. The van der Waals surface area contributed by atoms with Crippen LogP contribution in [0.3, 0.4) is 0 Å². The van der Waals surface area contributed by atoms with Crippen molar-refractivity contribution in [1.82, 2.24) is 10.3 Å². The molecular formula is C21H23N3O4S. The average molecular weight is 413 g/mol. The molecule has 8 heteroatoms. The first-order valence-electron chi connectivity index (χ1n) is 9.21. The Labute approximate surface area is 173 Å². The number of nitrogens with one attached hydrogen (secondary N) is 2. The van der Waals surface area contributed by atoms with E-state index in [9.17, 15) is 9.59 Å². The molecule has 1 amide bonds. The van der Waals surface area contributed by atoms with E-state index in [1.165, 1.54) is 29.2 Å². The normalized spacial score (nSPS) is 11.9. The van der Waals surface area contributed by atoms with Gasteiger partial charge >= 0.3 is 5.97 Å². The maximum atomic E-state index is 12.5. The van der Waals surface area contributed by atoms with Gasteiger partial charge in [0, 0.05) is 11.1 Å². The van der Waals surface area contributed by atoms with E-state index in [0.717, 1.165) is 5.69 Å². The molecule has 0 aliphatic heterocycles. The van der Waals surface area contributed by atoms with Crippen LogP contribution < -0.4 is 10.6 Å². The summed E-state index contributed by atoms with van der Waals surface area (Å²) in [5.74, 6) is -0.963. The summed E-state index contributed by atoms with van der Waals surface area (Å²) in [5, 5.41) is 8.42. The molecule has 29 heavy (non-hydrogen) atoms. The molecule has 7 nitrogen and oxygen atoms in total. The van der Waals surface area contributed by atoms with Crippen molar-refractivity contribution < 1.29 is 18.7 Å². The zero-order chi connectivity index (χ0) is 20.8. The molecule has 0 aliphatic carbocycles. The summed E-state index contributed by atoms with van der Waals surface area (Å²) in [4.78, 5) is 29.1. The lowest BCUT2D eigenvalue weighted by atomic mass is 10.0. The van der Waals surface area contributed by atoms with Crippen molar-refractivity contribution in [2.75, 3.05) is 5.32 Å². The van der Waals surface area contributed by atoms with Gasteiger partial charge in [-0.05, 0) is 37.1 Å². The molecule has 1 aromatic carbocycles. The third kappa shape index (κ3) is 5.68. The summed E-state index contributed by atoms with van der Waals surface area (Å²) in [6.07, 6.45) is 1.40. The third-order valence-corrected chi connectivity index (χ3v) is 4.98. The van der Waals surface area contributed by atoms with Gasteiger partial charge in [-0.15, -0.1) is 11.3 Å². The smallest absolute Gasteiger partial charge is 0.329 e. The molecule has 2 heterocycles. The summed E-state index contributed by atoms with van der Waals surface area (Å²) in [7, 11) is 0. The van der Waals surface area contributed by atoms with Crippen LogP contribution in [0.25, 0.3) is 0 Å². The quantitative estimate of drug-likeness (QED) is 0.535. The van der Waals surface area contributed by atoms with Gasteiger partial charge in [-0.3, -0.25) is 4.79 Å². The molecule has 0 unspecified atom stereocenters. The number of aryl methyl sites for hydroxylation is 1. The summed E-state index contributed by atoms with van der Waals surface area (Å²) in [6.45, 7) is 5.73. The number of anilines is 2. The van der Waals surface area contributed by atoms with Crippen molar-refractivity contribution in [3.63, 3.8) is 0 Å². The Hall–Kier alpha value is -3.13. The Kier molecular flexibility index (Phi) is 6.66. The predicted octanol–water partition coefficient (Wildman–Crippen LogP) is 4.29. The molecule has 3 rings (SSSR count). The van der Waals surface area contributed by atoms with Crippen molar-refractivity contribution in [3.05, 3.63) is 65.1 Å². The van der Waals surface area contributed by atoms with E-state index in [1.807, 2.05) is 50.4 Å². The number of hydrogen-bond acceptors (Lipinski definition) is 7. The van der Waals surface area contributed by atoms with Gasteiger partial charge in [0.25, 0.3) is 5.91 Å². The number of carbonyl (C=O) groups is 2. The van der Waals surface area contributed by atoms with Gasteiger partial charge in [-0.1, -0.05) is 31.5 Å². The molecule has 2 aromatic heterocycles. The lowest BCUT2D eigenvalue weighted by Crippen LogP contribution is -2.45. The summed E-state index contributed by atoms with van der Waals surface area (Å²) in [6, 6.07) is 10.4. The van der Waals surface area contributed by atoms with E-state index in [4.69, 9.17) is 9.15 Å². The monoisotopic (exact) mass is 413 g/mol. The summed E-state index contributed by atoms with van der Waals surface area (Å²) >= 11 is 1.43. The summed E-state index contributed by atoms with van der Waals surface area (Å²) in [5.41, 5.74) is 2.76. The van der Waals surface area contributed by atoms with Crippen LogP contribution in [0.4, 0.5) is 10.8 Å². The SMILES string of the molecule is Cc1ccc(Nc2nc(COC(=O)[C@@H](NC(=O)c3ccco3)C(C)C)cs2)cc1. The van der Waals surface area contributed by atoms with E-state index in [2.05, 4.69) is 15.6 Å². The number of aromatic nitrogens is 1. The predicted molar refractivity (Wildman–Crippen MR) is 111 cm³/mol. The third-order valence-electron chi connectivity index (χ3n) is 4.17. The van der Waals surface area contributed by atoms with Crippen LogP contribution in [0.5, 0.6) is 0 Å². The first kappa shape index (κ1) is 20.6. The minimum atomic E-state index is -0.781. The second kappa shape index (κ2) is 9.38. The van der Waals surface area contributed by atoms with Crippen LogP contribution in [-0.4, -0.2) is 22.9 Å². The molecule has 1 atom stereocenters. The highest BCUT2D eigenvalue weighted by atomic mass is 32.1. The van der Waals surface area contributed by atoms with E-state index in [-0.39, 0.29) is 18.3 Å². The number of nitrogens with zero attached hydrogens (tertiary/aromatic N) is 1. The number of rotatable bonds is 8. The van der Waals surface area contributed by atoms with Crippen molar-refractivity contribution >= 4 is 34.0 Å². The van der Waals surface area contributed by atoms with E-state index in [0.29, 0.717) is 10.8 Å². The molecule has 0 radical (unpaired) electrons. The fraction of sp³-hybridized carbons (Fsp3) is 0.286. The fourth-order valence-corrected chi connectivity index (χ4v) is 3.26. The largest absolute Gasteiger partial charge is 0.459 e. The average Bonchev–Trinajstić information content (AvgIpc) is 3.38. The van der Waals surface area contributed by atoms with E-state index >= 15 is 0 Å². The zero-order valence-electron chi connectivity index (χ0n) is 16.5. The van der Waals surface area contributed by atoms with Crippen molar-refractivity contribution in [1.29, 1.82) is 0 Å². The standard InChI is InChI=1S/C21H23N3O4S/c1-13(2)18(24-19(25)17-5-4-10-27-17)20(26)28-11-16-12-29-21(23-16)22-15-8-6-14(3)7-9-15/h4-10,12-13,18H,11H2,1-3H3,(H,22,23)(H,24,25)/t18-/m0/s1. The van der Waals surface area contributed by atoms with Crippen LogP contribution in [0.1, 0.15) is 35.7 Å².